The Kier molecular flexibility index (Phi) is 7.82. The van der Waals surface area contributed by atoms with E-state index in [1.54, 1.807) is 0 Å². The second kappa shape index (κ2) is 13.1. The summed E-state index contributed by atoms with van der Waals surface area (Å²) in [5.74, 6) is 1.16. The van der Waals surface area contributed by atoms with Crippen LogP contribution in [0.1, 0.15) is 18.9 Å². The number of hydrogen-bond acceptors (Lipinski definition) is 3. The maximum atomic E-state index is 5.10. The molecular formula is C47H36N4. The Hall–Kier alpha value is -6.52. The van der Waals surface area contributed by atoms with Gasteiger partial charge in [0.2, 0.25) is 0 Å². The summed E-state index contributed by atoms with van der Waals surface area (Å²) >= 11 is 0. The molecule has 9 rings (SSSR count). The highest BCUT2D eigenvalue weighted by atomic mass is 15.0. The van der Waals surface area contributed by atoms with Gasteiger partial charge >= 0.3 is 0 Å². The summed E-state index contributed by atoms with van der Waals surface area (Å²) in [6, 6.07) is 55.3. The van der Waals surface area contributed by atoms with Gasteiger partial charge in [-0.05, 0) is 66.4 Å². The van der Waals surface area contributed by atoms with Crippen LogP contribution in [0, 0.1) is 5.92 Å². The number of benzene rings is 6. The van der Waals surface area contributed by atoms with E-state index in [2.05, 4.69) is 156 Å². The molecule has 2 heterocycles. The van der Waals surface area contributed by atoms with Gasteiger partial charge in [0.15, 0.2) is 5.82 Å². The van der Waals surface area contributed by atoms with Crippen molar-refractivity contribution < 1.29 is 0 Å². The molecule has 0 bridgehead atoms. The summed E-state index contributed by atoms with van der Waals surface area (Å²) in [6.45, 7) is 2.28. The van der Waals surface area contributed by atoms with Crippen LogP contribution in [0.15, 0.2) is 176 Å². The highest BCUT2D eigenvalue weighted by Gasteiger charge is 2.19. The van der Waals surface area contributed by atoms with Gasteiger partial charge < -0.3 is 9.88 Å². The van der Waals surface area contributed by atoms with E-state index in [0.717, 1.165) is 57.1 Å². The fourth-order valence-electron chi connectivity index (χ4n) is 7.27. The summed E-state index contributed by atoms with van der Waals surface area (Å²) in [5, 5.41) is 6.36. The van der Waals surface area contributed by atoms with E-state index in [9.17, 15) is 0 Å². The lowest BCUT2D eigenvalue weighted by Crippen LogP contribution is -2.02. The number of nitrogens with one attached hydrogen (secondary N) is 1. The quantitative estimate of drug-likeness (QED) is 0.186. The zero-order valence-corrected chi connectivity index (χ0v) is 28.4. The Morgan fingerprint density at radius 2 is 1.24 bits per heavy atom. The average molecular weight is 657 g/mol. The monoisotopic (exact) mass is 656 g/mol. The van der Waals surface area contributed by atoms with E-state index in [1.807, 2.05) is 36.4 Å². The molecular weight excluding hydrogens is 621 g/mol. The third-order valence-electron chi connectivity index (χ3n) is 9.72. The maximum absolute atomic E-state index is 5.10. The van der Waals surface area contributed by atoms with E-state index < -0.39 is 0 Å². The van der Waals surface area contributed by atoms with E-state index in [0.29, 0.717) is 11.7 Å². The molecule has 1 N–H and O–H groups in total. The van der Waals surface area contributed by atoms with Gasteiger partial charge in [-0.1, -0.05) is 134 Å². The second-order valence-corrected chi connectivity index (χ2v) is 13.3. The number of aromatic nitrogens is 3. The van der Waals surface area contributed by atoms with Crippen molar-refractivity contribution >= 4 is 38.8 Å². The summed E-state index contributed by atoms with van der Waals surface area (Å²) in [7, 11) is 0. The molecule has 0 amide bonds. The first kappa shape index (κ1) is 30.5. The number of hydrogen-bond donors (Lipinski definition) is 1. The molecule has 6 aromatic carbocycles. The number of rotatable bonds is 7. The first-order chi connectivity index (χ1) is 25.2. The number of nitrogens with zero attached hydrogens (tertiary/aromatic N) is 3. The lowest BCUT2D eigenvalue weighted by Gasteiger charge is -2.20. The van der Waals surface area contributed by atoms with Crippen LogP contribution in [-0.2, 0) is 0 Å². The van der Waals surface area contributed by atoms with Gasteiger partial charge in [0.1, 0.15) is 0 Å². The Morgan fingerprint density at radius 3 is 1.94 bits per heavy atom. The van der Waals surface area contributed by atoms with Crippen molar-refractivity contribution in [2.24, 2.45) is 5.92 Å². The summed E-state index contributed by atoms with van der Waals surface area (Å²) < 4.78 is 2.38. The summed E-state index contributed by atoms with van der Waals surface area (Å²) in [6.07, 6.45) is 7.74. The van der Waals surface area contributed by atoms with Gasteiger partial charge in [0.05, 0.1) is 22.4 Å². The van der Waals surface area contributed by atoms with E-state index in [4.69, 9.17) is 9.97 Å². The van der Waals surface area contributed by atoms with Crippen LogP contribution >= 0.6 is 0 Å². The molecule has 4 heteroatoms. The molecule has 1 aliphatic rings. The van der Waals surface area contributed by atoms with Crippen LogP contribution < -0.4 is 5.32 Å². The average Bonchev–Trinajstić information content (AvgIpc) is 3.51. The van der Waals surface area contributed by atoms with Crippen molar-refractivity contribution in [3.63, 3.8) is 0 Å². The van der Waals surface area contributed by atoms with Crippen molar-refractivity contribution in [2.45, 2.75) is 13.3 Å². The molecule has 244 valence electrons. The predicted molar refractivity (Wildman–Crippen MR) is 213 cm³/mol. The normalized spacial score (nSPS) is 14.1. The van der Waals surface area contributed by atoms with E-state index in [1.165, 1.54) is 27.4 Å². The second-order valence-electron chi connectivity index (χ2n) is 13.3. The molecule has 2 aromatic heterocycles. The van der Waals surface area contributed by atoms with Crippen molar-refractivity contribution in [1.82, 2.24) is 14.5 Å². The molecule has 1 unspecified atom stereocenters. The van der Waals surface area contributed by atoms with Gasteiger partial charge in [-0.15, -0.1) is 0 Å². The van der Waals surface area contributed by atoms with E-state index >= 15 is 0 Å². The third-order valence-corrected chi connectivity index (χ3v) is 9.72. The zero-order valence-electron chi connectivity index (χ0n) is 28.4. The van der Waals surface area contributed by atoms with Crippen molar-refractivity contribution in [3.8, 4) is 39.6 Å². The lowest BCUT2D eigenvalue weighted by atomic mass is 9.89. The van der Waals surface area contributed by atoms with Crippen molar-refractivity contribution in [3.05, 3.63) is 182 Å². The molecule has 0 radical (unpaired) electrons. The first-order valence-corrected chi connectivity index (χ1v) is 17.6. The zero-order chi connectivity index (χ0) is 34.1. The fourth-order valence-corrected chi connectivity index (χ4v) is 7.27. The molecule has 0 spiro atoms. The van der Waals surface area contributed by atoms with Crippen LogP contribution in [0.5, 0.6) is 0 Å². The minimum Gasteiger partial charge on any atom is -0.355 e. The molecule has 0 saturated heterocycles. The molecule has 1 atom stereocenters. The Labute approximate surface area is 298 Å². The van der Waals surface area contributed by atoms with Crippen LogP contribution in [0.4, 0.5) is 11.4 Å². The first-order valence-electron chi connectivity index (χ1n) is 17.6. The van der Waals surface area contributed by atoms with Crippen LogP contribution in [0.2, 0.25) is 0 Å². The molecule has 0 aliphatic heterocycles. The minimum atomic E-state index is 0.468. The van der Waals surface area contributed by atoms with Crippen molar-refractivity contribution in [1.29, 1.82) is 0 Å². The van der Waals surface area contributed by atoms with E-state index in [-0.39, 0.29) is 0 Å². The minimum absolute atomic E-state index is 0.468. The Morgan fingerprint density at radius 1 is 0.588 bits per heavy atom. The topological polar surface area (TPSA) is 42.7 Å². The Balaban J connectivity index is 1.19. The van der Waals surface area contributed by atoms with Crippen LogP contribution in [0.25, 0.3) is 67.0 Å². The van der Waals surface area contributed by atoms with Gasteiger partial charge in [-0.2, -0.15) is 0 Å². The van der Waals surface area contributed by atoms with Gasteiger partial charge in [-0.25, -0.2) is 9.97 Å². The third kappa shape index (κ3) is 5.91. The molecule has 4 nitrogen and oxygen atoms in total. The van der Waals surface area contributed by atoms with Gasteiger partial charge in [-0.3, -0.25) is 0 Å². The van der Waals surface area contributed by atoms with Gasteiger partial charge in [0.25, 0.3) is 0 Å². The molecule has 8 aromatic rings. The SMILES string of the molecule is CC1C=CC=C(c2cc3c4ccccc4n(-c4ccccc4)c3cc2Nc2cccc(-c3nc(-c4ccccc4)cc(-c4ccccc4)n3)c2)C1. The highest BCUT2D eigenvalue weighted by Crippen LogP contribution is 2.41. The summed E-state index contributed by atoms with van der Waals surface area (Å²) in [4.78, 5) is 10.2. The fraction of sp³-hybridized carbons (Fsp3) is 0.0638. The standard InChI is InChI=1S/C47H36N4/c1-32-15-13-20-35(27-32)40-29-41-39-25-11-12-26-45(39)51(38-23-9-4-10-24-38)46(41)31-44(40)48-37-22-14-21-36(28-37)47-49-42(33-16-5-2-6-17-33)30-43(50-47)34-18-7-3-8-19-34/h2-26,28-32,48H,27H2,1H3. The molecule has 0 fully saturated rings. The van der Waals surface area contributed by atoms with Crippen molar-refractivity contribution in [2.75, 3.05) is 5.32 Å². The van der Waals surface area contributed by atoms with Crippen LogP contribution in [-0.4, -0.2) is 14.5 Å². The molecule has 51 heavy (non-hydrogen) atoms. The smallest absolute Gasteiger partial charge is 0.160 e. The molecule has 1 aliphatic carbocycles. The predicted octanol–water partition coefficient (Wildman–Crippen LogP) is 12.3. The van der Waals surface area contributed by atoms with Gasteiger partial charge in [0, 0.05) is 50.1 Å². The summed E-state index contributed by atoms with van der Waals surface area (Å²) in [5.41, 5.74) is 12.9. The Bertz CT molecular complexity index is 2520. The lowest BCUT2D eigenvalue weighted by molar-refractivity contribution is 0.749. The number of fused-ring (bicyclic) bond motifs is 3. The maximum Gasteiger partial charge on any atom is 0.160 e. The molecule has 0 saturated carbocycles. The largest absolute Gasteiger partial charge is 0.355 e. The van der Waals surface area contributed by atoms with Crippen LogP contribution in [0.3, 0.4) is 0 Å². The highest BCUT2D eigenvalue weighted by molar-refractivity contribution is 6.11. The number of para-hydroxylation sites is 2. The number of anilines is 2. The number of allylic oxidation sites excluding steroid dienone is 4.